The van der Waals surface area contributed by atoms with Gasteiger partial charge in [0.15, 0.2) is 11.6 Å². The topological polar surface area (TPSA) is 45.9 Å². The number of aromatic nitrogens is 1. The first-order valence-electron chi connectivity index (χ1n) is 4.50. The third-order valence-electron chi connectivity index (χ3n) is 2.27. The average molecular weight is 255 g/mol. The van der Waals surface area contributed by atoms with Crippen LogP contribution in [0.5, 0.6) is 5.75 Å². The van der Waals surface area contributed by atoms with Gasteiger partial charge in [-0.1, -0.05) is 11.6 Å². The van der Waals surface area contributed by atoms with E-state index in [2.05, 4.69) is 4.98 Å². The summed E-state index contributed by atoms with van der Waals surface area (Å²) in [5, 5.41) is 8.92. The van der Waals surface area contributed by atoms with Gasteiger partial charge in [-0.25, -0.2) is 4.39 Å². The normalized spacial score (nSPS) is 10.3. The molecule has 0 amide bonds. The van der Waals surface area contributed by atoms with Gasteiger partial charge >= 0.3 is 0 Å². The average Bonchev–Trinajstić information content (AvgIpc) is 2.33. The molecule has 0 spiro atoms. The minimum atomic E-state index is -1.13. The molecule has 0 unspecified atom stereocenters. The lowest BCUT2D eigenvalue weighted by atomic mass is 10.1. The van der Waals surface area contributed by atoms with Crippen LogP contribution in [0.2, 0.25) is 5.02 Å². The molecular weight excluding hydrogens is 250 g/mol. The Labute approximate surface area is 100 Å². The number of methoxy groups -OCH3 is 1. The Morgan fingerprint density at radius 3 is 2.76 bits per heavy atom. The van der Waals surface area contributed by atoms with Gasteiger partial charge in [-0.2, -0.15) is 9.65 Å². The van der Waals surface area contributed by atoms with Crippen molar-refractivity contribution < 1.29 is 13.5 Å². The summed E-state index contributed by atoms with van der Waals surface area (Å²) in [7, 11) is 1.20. The van der Waals surface area contributed by atoms with Crippen LogP contribution >= 0.6 is 11.6 Å². The molecule has 0 saturated heterocycles. The Morgan fingerprint density at radius 1 is 1.47 bits per heavy atom. The van der Waals surface area contributed by atoms with E-state index in [-0.39, 0.29) is 27.2 Å². The van der Waals surface area contributed by atoms with Crippen LogP contribution in [0.1, 0.15) is 5.56 Å². The standard InChI is InChI=1S/C11H5ClF2N2O/c1-17-11-9(14)7(13)2-6-8(12)5(3-15)4-16-10(6)11/h2,4H,1H3. The SMILES string of the molecule is COc1c(F)c(F)cc2c(Cl)c(C#N)cnc12. The quantitative estimate of drug-likeness (QED) is 0.786. The molecule has 1 aromatic carbocycles. The zero-order valence-corrected chi connectivity index (χ0v) is 9.35. The highest BCUT2D eigenvalue weighted by Crippen LogP contribution is 2.34. The van der Waals surface area contributed by atoms with E-state index in [1.54, 1.807) is 0 Å². The summed E-state index contributed by atoms with van der Waals surface area (Å²) in [6.07, 6.45) is 1.19. The Hall–Kier alpha value is -1.93. The molecule has 2 rings (SSSR count). The lowest BCUT2D eigenvalue weighted by Gasteiger charge is -2.08. The van der Waals surface area contributed by atoms with Crippen LogP contribution in [0.3, 0.4) is 0 Å². The van der Waals surface area contributed by atoms with Gasteiger partial charge in [0.1, 0.15) is 11.6 Å². The summed E-state index contributed by atoms with van der Waals surface area (Å²) in [5.74, 6) is -2.56. The zero-order valence-electron chi connectivity index (χ0n) is 8.59. The van der Waals surface area contributed by atoms with E-state index in [1.165, 1.54) is 13.3 Å². The fourth-order valence-electron chi connectivity index (χ4n) is 1.48. The number of nitriles is 1. The van der Waals surface area contributed by atoms with Gasteiger partial charge in [-0.05, 0) is 6.07 Å². The highest BCUT2D eigenvalue weighted by molar-refractivity contribution is 6.36. The lowest BCUT2D eigenvalue weighted by Crippen LogP contribution is -1.97. The number of benzene rings is 1. The van der Waals surface area contributed by atoms with E-state index in [0.29, 0.717) is 0 Å². The molecule has 0 atom stereocenters. The van der Waals surface area contributed by atoms with Crippen LogP contribution in [-0.4, -0.2) is 12.1 Å². The van der Waals surface area contributed by atoms with Gasteiger partial charge in [0.25, 0.3) is 0 Å². The Kier molecular flexibility index (Phi) is 2.82. The molecule has 0 aliphatic heterocycles. The molecule has 0 fully saturated rings. The van der Waals surface area contributed by atoms with Gasteiger partial charge in [-0.3, -0.25) is 4.98 Å². The van der Waals surface area contributed by atoms with Crippen molar-refractivity contribution >= 4 is 22.5 Å². The van der Waals surface area contributed by atoms with Gasteiger partial charge < -0.3 is 4.74 Å². The summed E-state index contributed by atoms with van der Waals surface area (Å²) in [6.45, 7) is 0. The first kappa shape index (κ1) is 11.6. The van der Waals surface area contributed by atoms with Crippen LogP contribution < -0.4 is 4.74 Å². The van der Waals surface area contributed by atoms with E-state index in [4.69, 9.17) is 21.6 Å². The molecule has 0 saturated carbocycles. The van der Waals surface area contributed by atoms with Gasteiger partial charge in [0.05, 0.1) is 17.7 Å². The third kappa shape index (κ3) is 1.67. The van der Waals surface area contributed by atoms with Gasteiger partial charge in [0, 0.05) is 11.6 Å². The lowest BCUT2D eigenvalue weighted by molar-refractivity contribution is 0.376. The molecule has 0 aliphatic carbocycles. The highest BCUT2D eigenvalue weighted by Gasteiger charge is 2.18. The predicted octanol–water partition coefficient (Wildman–Crippen LogP) is 3.05. The minimum Gasteiger partial charge on any atom is -0.491 e. The highest BCUT2D eigenvalue weighted by atomic mass is 35.5. The molecule has 0 aliphatic rings. The molecule has 17 heavy (non-hydrogen) atoms. The molecule has 0 N–H and O–H groups in total. The molecule has 0 radical (unpaired) electrons. The van der Waals surface area contributed by atoms with Crippen molar-refractivity contribution in [3.63, 3.8) is 0 Å². The third-order valence-corrected chi connectivity index (χ3v) is 2.68. The van der Waals surface area contributed by atoms with Crippen LogP contribution in [0.25, 0.3) is 10.9 Å². The number of pyridine rings is 1. The number of hydrogen-bond donors (Lipinski definition) is 0. The fourth-order valence-corrected chi connectivity index (χ4v) is 1.72. The number of nitrogens with zero attached hydrogens (tertiary/aromatic N) is 2. The number of fused-ring (bicyclic) bond motifs is 1. The second kappa shape index (κ2) is 4.15. The van der Waals surface area contributed by atoms with Gasteiger partial charge in [0.2, 0.25) is 5.82 Å². The molecule has 2 aromatic rings. The first-order chi connectivity index (χ1) is 8.10. The number of hydrogen-bond acceptors (Lipinski definition) is 3. The first-order valence-corrected chi connectivity index (χ1v) is 4.88. The van der Waals surface area contributed by atoms with Crippen LogP contribution in [0, 0.1) is 23.0 Å². The number of ether oxygens (including phenoxy) is 1. The molecular formula is C11H5ClF2N2O. The number of rotatable bonds is 1. The monoisotopic (exact) mass is 254 g/mol. The Balaban J connectivity index is 2.96. The van der Waals surface area contributed by atoms with Gasteiger partial charge in [-0.15, -0.1) is 0 Å². The van der Waals surface area contributed by atoms with Crippen LogP contribution in [-0.2, 0) is 0 Å². The molecule has 1 aromatic heterocycles. The maximum Gasteiger partial charge on any atom is 0.202 e. The largest absolute Gasteiger partial charge is 0.491 e. The van der Waals surface area contributed by atoms with E-state index in [1.807, 2.05) is 6.07 Å². The van der Waals surface area contributed by atoms with Crippen molar-refractivity contribution in [3.8, 4) is 11.8 Å². The molecule has 6 heteroatoms. The van der Waals surface area contributed by atoms with Crippen molar-refractivity contribution in [3.05, 3.63) is 34.5 Å². The summed E-state index contributed by atoms with van der Waals surface area (Å²) in [5.41, 5.74) is 0.169. The second-order valence-corrected chi connectivity index (χ2v) is 3.58. The van der Waals surface area contributed by atoms with Crippen LogP contribution in [0.4, 0.5) is 8.78 Å². The summed E-state index contributed by atoms with van der Waals surface area (Å²) in [6, 6.07) is 2.70. The van der Waals surface area contributed by atoms with E-state index >= 15 is 0 Å². The zero-order chi connectivity index (χ0) is 12.6. The summed E-state index contributed by atoms with van der Waals surface area (Å²) < 4.78 is 31.4. The number of halogens is 3. The summed E-state index contributed by atoms with van der Waals surface area (Å²) >= 11 is 5.89. The maximum absolute atomic E-state index is 13.4. The summed E-state index contributed by atoms with van der Waals surface area (Å²) in [4.78, 5) is 3.85. The smallest absolute Gasteiger partial charge is 0.202 e. The van der Waals surface area contributed by atoms with E-state index in [0.717, 1.165) is 6.07 Å². The maximum atomic E-state index is 13.4. The van der Waals surface area contributed by atoms with Crippen LogP contribution in [0.15, 0.2) is 12.3 Å². The Morgan fingerprint density at radius 2 is 2.18 bits per heavy atom. The molecule has 3 nitrogen and oxygen atoms in total. The predicted molar refractivity (Wildman–Crippen MR) is 57.9 cm³/mol. The molecule has 1 heterocycles. The second-order valence-electron chi connectivity index (χ2n) is 3.20. The Bertz CT molecular complexity index is 652. The van der Waals surface area contributed by atoms with Crippen molar-refractivity contribution in [2.24, 2.45) is 0 Å². The molecule has 0 bridgehead atoms. The minimum absolute atomic E-state index is 0.0229. The van der Waals surface area contributed by atoms with E-state index in [9.17, 15) is 8.78 Å². The van der Waals surface area contributed by atoms with Crippen molar-refractivity contribution in [2.75, 3.05) is 7.11 Å². The fraction of sp³-hybridized carbons (Fsp3) is 0.0909. The van der Waals surface area contributed by atoms with Crippen molar-refractivity contribution in [1.82, 2.24) is 4.98 Å². The molecule has 86 valence electrons. The van der Waals surface area contributed by atoms with Crippen molar-refractivity contribution in [2.45, 2.75) is 0 Å². The van der Waals surface area contributed by atoms with Crippen molar-refractivity contribution in [1.29, 1.82) is 5.26 Å². The van der Waals surface area contributed by atoms with E-state index < -0.39 is 11.6 Å².